The van der Waals surface area contributed by atoms with Gasteiger partial charge >= 0.3 is 0 Å². The van der Waals surface area contributed by atoms with Crippen LogP contribution in [0.3, 0.4) is 0 Å². The minimum absolute atomic E-state index is 0.0234. The Labute approximate surface area is 135 Å². The summed E-state index contributed by atoms with van der Waals surface area (Å²) in [5.74, 6) is 0.607. The minimum Gasteiger partial charge on any atom is -0.392 e. The lowest BCUT2D eigenvalue weighted by Crippen LogP contribution is -2.26. The first-order valence-corrected chi connectivity index (χ1v) is 9.26. The molecule has 2 N–H and O–H groups in total. The normalized spacial score (nSPS) is 16.5. The summed E-state index contributed by atoms with van der Waals surface area (Å²) in [6.07, 6.45) is 5.65. The van der Waals surface area contributed by atoms with Crippen LogP contribution < -0.4 is 4.72 Å². The van der Waals surface area contributed by atoms with Crippen molar-refractivity contribution in [1.29, 1.82) is 0 Å². The molecule has 0 saturated heterocycles. The smallest absolute Gasteiger partial charge is 0.242 e. The van der Waals surface area contributed by atoms with Gasteiger partial charge in [-0.15, -0.1) is 0 Å². The maximum absolute atomic E-state index is 12.3. The van der Waals surface area contributed by atoms with Crippen LogP contribution in [0, 0.1) is 5.92 Å². The monoisotopic (exact) mass is 351 g/mol. The number of aliphatic hydroxyl groups is 1. The molecular formula is C14H19Cl2NO3S. The zero-order valence-electron chi connectivity index (χ0n) is 11.6. The Morgan fingerprint density at radius 3 is 2.52 bits per heavy atom. The van der Waals surface area contributed by atoms with Crippen LogP contribution in [-0.2, 0) is 16.6 Å². The van der Waals surface area contributed by atoms with E-state index in [1.54, 1.807) is 0 Å². The largest absolute Gasteiger partial charge is 0.392 e. The van der Waals surface area contributed by atoms with Crippen LogP contribution in [0.25, 0.3) is 0 Å². The van der Waals surface area contributed by atoms with E-state index in [2.05, 4.69) is 4.72 Å². The van der Waals surface area contributed by atoms with E-state index in [1.807, 2.05) is 0 Å². The molecule has 0 unspecified atom stereocenters. The van der Waals surface area contributed by atoms with Crippen LogP contribution in [0.1, 0.15) is 37.7 Å². The lowest BCUT2D eigenvalue weighted by atomic mass is 10.1. The van der Waals surface area contributed by atoms with E-state index >= 15 is 0 Å². The van der Waals surface area contributed by atoms with E-state index in [4.69, 9.17) is 23.2 Å². The zero-order chi connectivity index (χ0) is 15.5. The van der Waals surface area contributed by atoms with E-state index in [-0.39, 0.29) is 21.5 Å². The van der Waals surface area contributed by atoms with Gasteiger partial charge in [-0.2, -0.15) is 0 Å². The molecule has 1 aliphatic carbocycles. The molecule has 0 heterocycles. The molecule has 1 aromatic carbocycles. The Bertz CT molecular complexity index is 598. The summed E-state index contributed by atoms with van der Waals surface area (Å²) in [5, 5.41) is 9.45. The van der Waals surface area contributed by atoms with Crippen molar-refractivity contribution in [3.05, 3.63) is 27.7 Å². The fraction of sp³-hybridized carbons (Fsp3) is 0.571. The summed E-state index contributed by atoms with van der Waals surface area (Å²) in [4.78, 5) is -0.0767. The molecule has 7 heteroatoms. The van der Waals surface area contributed by atoms with E-state index < -0.39 is 10.0 Å². The summed E-state index contributed by atoms with van der Waals surface area (Å²) < 4.78 is 27.2. The van der Waals surface area contributed by atoms with Crippen molar-refractivity contribution in [2.45, 2.75) is 43.6 Å². The Morgan fingerprint density at radius 1 is 1.24 bits per heavy atom. The number of nitrogens with one attached hydrogen (secondary N) is 1. The molecule has 0 bridgehead atoms. The van der Waals surface area contributed by atoms with Crippen LogP contribution in [0.5, 0.6) is 0 Å². The third kappa shape index (κ3) is 4.33. The van der Waals surface area contributed by atoms with Gasteiger partial charge in [-0.3, -0.25) is 0 Å². The highest BCUT2D eigenvalue weighted by Crippen LogP contribution is 2.30. The number of rotatable bonds is 6. The van der Waals surface area contributed by atoms with Gasteiger partial charge in [0.05, 0.1) is 11.6 Å². The molecule has 0 atom stereocenters. The Balaban J connectivity index is 2.09. The lowest BCUT2D eigenvalue weighted by Gasteiger charge is -2.13. The third-order valence-corrected chi connectivity index (χ3v) is 6.12. The van der Waals surface area contributed by atoms with Gasteiger partial charge in [-0.1, -0.05) is 48.9 Å². The highest BCUT2D eigenvalue weighted by molar-refractivity contribution is 7.89. The van der Waals surface area contributed by atoms with Gasteiger partial charge in [0.25, 0.3) is 0 Å². The quantitative estimate of drug-likeness (QED) is 0.825. The van der Waals surface area contributed by atoms with E-state index in [9.17, 15) is 13.5 Å². The van der Waals surface area contributed by atoms with Gasteiger partial charge in [0.15, 0.2) is 0 Å². The van der Waals surface area contributed by atoms with Gasteiger partial charge in [0.2, 0.25) is 10.0 Å². The lowest BCUT2D eigenvalue weighted by molar-refractivity contribution is 0.281. The number of benzene rings is 1. The fourth-order valence-electron chi connectivity index (χ4n) is 2.70. The maximum Gasteiger partial charge on any atom is 0.242 e. The zero-order valence-corrected chi connectivity index (χ0v) is 13.9. The number of hydrogen-bond donors (Lipinski definition) is 2. The van der Waals surface area contributed by atoms with Crippen molar-refractivity contribution in [2.75, 3.05) is 6.54 Å². The number of halogens is 2. The average Bonchev–Trinajstić information content (AvgIpc) is 2.93. The molecule has 0 radical (unpaired) electrons. The van der Waals surface area contributed by atoms with Gasteiger partial charge < -0.3 is 5.11 Å². The second-order valence-electron chi connectivity index (χ2n) is 5.37. The Kier molecular flexibility index (Phi) is 5.91. The van der Waals surface area contributed by atoms with Gasteiger partial charge in [0, 0.05) is 11.6 Å². The molecule has 4 nitrogen and oxygen atoms in total. The first-order valence-electron chi connectivity index (χ1n) is 7.02. The van der Waals surface area contributed by atoms with Crippen LogP contribution in [-0.4, -0.2) is 20.1 Å². The van der Waals surface area contributed by atoms with Crippen molar-refractivity contribution in [1.82, 2.24) is 4.72 Å². The van der Waals surface area contributed by atoms with Gasteiger partial charge in [-0.25, -0.2) is 13.1 Å². The van der Waals surface area contributed by atoms with Crippen molar-refractivity contribution in [2.24, 2.45) is 5.92 Å². The van der Waals surface area contributed by atoms with Crippen LogP contribution >= 0.6 is 23.2 Å². The molecule has 0 amide bonds. The van der Waals surface area contributed by atoms with Crippen LogP contribution in [0.15, 0.2) is 17.0 Å². The van der Waals surface area contributed by atoms with Crippen LogP contribution in [0.4, 0.5) is 0 Å². The van der Waals surface area contributed by atoms with Crippen molar-refractivity contribution in [3.8, 4) is 0 Å². The second-order valence-corrected chi connectivity index (χ2v) is 7.92. The maximum atomic E-state index is 12.3. The molecule has 118 valence electrons. The Morgan fingerprint density at radius 2 is 1.90 bits per heavy atom. The first-order chi connectivity index (χ1) is 9.94. The summed E-state index contributed by atoms with van der Waals surface area (Å²) in [5.41, 5.74) is 0.306. The van der Waals surface area contributed by atoms with E-state index in [0.717, 1.165) is 6.42 Å². The first kappa shape index (κ1) is 17.0. The third-order valence-electron chi connectivity index (χ3n) is 3.86. The summed E-state index contributed by atoms with van der Waals surface area (Å²) >= 11 is 11.9. The minimum atomic E-state index is -3.72. The SMILES string of the molecule is O=S(=O)(NCCC1CCCC1)c1cc(Cl)cc(CO)c1Cl. The van der Waals surface area contributed by atoms with Gasteiger partial charge in [0.1, 0.15) is 4.90 Å². The van der Waals surface area contributed by atoms with E-state index in [0.29, 0.717) is 18.0 Å². The molecule has 1 saturated carbocycles. The molecular weight excluding hydrogens is 333 g/mol. The van der Waals surface area contributed by atoms with Crippen LogP contribution in [0.2, 0.25) is 10.0 Å². The van der Waals surface area contributed by atoms with E-state index in [1.165, 1.54) is 37.8 Å². The van der Waals surface area contributed by atoms with Crippen molar-refractivity contribution < 1.29 is 13.5 Å². The molecule has 0 spiro atoms. The highest BCUT2D eigenvalue weighted by atomic mass is 35.5. The number of sulfonamides is 1. The van der Waals surface area contributed by atoms with Crippen molar-refractivity contribution >= 4 is 33.2 Å². The fourth-order valence-corrected chi connectivity index (χ4v) is 4.67. The summed E-state index contributed by atoms with van der Waals surface area (Å²) in [6.45, 7) is 0.0360. The predicted molar refractivity (Wildman–Crippen MR) is 84.1 cm³/mol. The standard InChI is InChI=1S/C14H19Cl2NO3S/c15-12-7-11(9-18)14(16)13(8-12)21(19,20)17-6-5-10-3-1-2-4-10/h7-8,10,17-18H,1-6,9H2. The molecule has 21 heavy (non-hydrogen) atoms. The predicted octanol–water partition coefficient (Wildman–Crippen LogP) is 3.34. The summed E-state index contributed by atoms with van der Waals surface area (Å²) in [7, 11) is -3.72. The number of aliphatic hydroxyl groups excluding tert-OH is 1. The molecule has 1 aliphatic rings. The number of hydrogen-bond acceptors (Lipinski definition) is 3. The van der Waals surface area contributed by atoms with Gasteiger partial charge in [-0.05, 0) is 30.0 Å². The topological polar surface area (TPSA) is 66.4 Å². The molecule has 2 rings (SSSR count). The highest BCUT2D eigenvalue weighted by Gasteiger charge is 2.22. The molecule has 1 fully saturated rings. The second kappa shape index (κ2) is 7.29. The molecule has 0 aromatic heterocycles. The Hall–Kier alpha value is -0.330. The average molecular weight is 352 g/mol. The molecule has 0 aliphatic heterocycles. The summed E-state index contributed by atoms with van der Waals surface area (Å²) in [6, 6.07) is 2.77. The van der Waals surface area contributed by atoms with Crippen molar-refractivity contribution in [3.63, 3.8) is 0 Å². The molecule has 1 aromatic rings.